The predicted octanol–water partition coefficient (Wildman–Crippen LogP) is 6.11. The van der Waals surface area contributed by atoms with Crippen LogP contribution in [0.5, 0.6) is 0 Å². The summed E-state index contributed by atoms with van der Waals surface area (Å²) in [5, 5.41) is 11.0. The summed E-state index contributed by atoms with van der Waals surface area (Å²) in [5.74, 6) is 0. The minimum absolute atomic E-state index is 0.548. The number of nitrogens with zero attached hydrogens (tertiary/aromatic N) is 2. The maximum absolute atomic E-state index is 9.14. The first kappa shape index (κ1) is 14.1. The second kappa shape index (κ2) is 6.00. The van der Waals surface area contributed by atoms with Crippen LogP contribution in [0.15, 0.2) is 59.1 Å². The molecule has 0 atom stereocenters. The number of hydrogen-bond donors (Lipinski definition) is 0. The van der Waals surface area contributed by atoms with Gasteiger partial charge < -0.3 is 4.42 Å². The normalized spacial score (nSPS) is 13.5. The number of nitriles is 1. The molecule has 2 heterocycles. The van der Waals surface area contributed by atoms with Crippen molar-refractivity contribution < 1.29 is 7.16 Å². The average molecular weight is 342 g/mol. The van der Waals surface area contributed by atoms with E-state index in [0.29, 0.717) is 28.0 Å². The molecule has 4 aromatic rings. The molecular formula is C23H20N2O. The van der Waals surface area contributed by atoms with Gasteiger partial charge in [-0.2, -0.15) is 5.26 Å². The molecular weight excluding hydrogens is 320 g/mol. The Kier molecular flexibility index (Phi) is 3.25. The van der Waals surface area contributed by atoms with Crippen LogP contribution < -0.4 is 0 Å². The van der Waals surface area contributed by atoms with Crippen molar-refractivity contribution in [3.63, 3.8) is 0 Å². The Labute approximate surface area is 155 Å². The first-order valence-corrected chi connectivity index (χ1v) is 8.55. The summed E-state index contributed by atoms with van der Waals surface area (Å²) in [7, 11) is 0. The smallest absolute Gasteiger partial charge is 0.144 e. The van der Waals surface area contributed by atoms with Gasteiger partial charge in [-0.1, -0.05) is 32.9 Å². The van der Waals surface area contributed by atoms with Gasteiger partial charge in [-0.15, -0.1) is 0 Å². The van der Waals surface area contributed by atoms with Gasteiger partial charge in [-0.25, -0.2) is 0 Å². The van der Waals surface area contributed by atoms with Crippen LogP contribution in [0.3, 0.4) is 0 Å². The van der Waals surface area contributed by atoms with Crippen molar-refractivity contribution in [1.29, 1.82) is 5.26 Å². The number of rotatable bonds is 2. The van der Waals surface area contributed by atoms with Crippen LogP contribution in [0.25, 0.3) is 33.2 Å². The lowest BCUT2D eigenvalue weighted by Crippen LogP contribution is -2.09. The standard InChI is InChI=1S/C23H20N2O/c1-23(2,3)13-15-9-10-25-20(11-15)19-6-4-5-18-17-8-7-16(14-24)12-21(17)26-22(18)19/h4-12H,13H2,1-3H3/i13D2. The first-order chi connectivity index (χ1) is 13.2. The zero-order valence-corrected chi connectivity index (χ0v) is 15.0. The minimum Gasteiger partial charge on any atom is -0.455 e. The molecule has 0 radical (unpaired) electrons. The monoisotopic (exact) mass is 342 g/mol. The Morgan fingerprint density at radius 3 is 2.73 bits per heavy atom. The first-order valence-electron chi connectivity index (χ1n) is 9.55. The highest BCUT2D eigenvalue weighted by atomic mass is 16.3. The van der Waals surface area contributed by atoms with Gasteiger partial charge in [0.15, 0.2) is 0 Å². The SMILES string of the molecule is [2H]C([2H])(c1ccnc(-c2cccc3c2oc2cc(C#N)ccc23)c1)C(C)(C)C. The third kappa shape index (κ3) is 2.95. The maximum Gasteiger partial charge on any atom is 0.144 e. The second-order valence-corrected chi connectivity index (χ2v) is 7.41. The van der Waals surface area contributed by atoms with E-state index in [0.717, 1.165) is 16.3 Å². The van der Waals surface area contributed by atoms with Crippen molar-refractivity contribution >= 4 is 21.9 Å². The van der Waals surface area contributed by atoms with Crippen LogP contribution in [0, 0.1) is 16.7 Å². The van der Waals surface area contributed by atoms with Gasteiger partial charge in [-0.3, -0.25) is 4.98 Å². The van der Waals surface area contributed by atoms with Gasteiger partial charge >= 0.3 is 0 Å². The zero-order valence-electron chi connectivity index (χ0n) is 17.0. The van der Waals surface area contributed by atoms with Crippen molar-refractivity contribution in [2.24, 2.45) is 5.41 Å². The van der Waals surface area contributed by atoms with Gasteiger partial charge in [-0.05, 0) is 53.7 Å². The van der Waals surface area contributed by atoms with Crippen LogP contribution in [0.1, 0.15) is 34.6 Å². The van der Waals surface area contributed by atoms with Crippen molar-refractivity contribution in [3.05, 3.63) is 65.9 Å². The van der Waals surface area contributed by atoms with Crippen LogP contribution in [-0.4, -0.2) is 4.98 Å². The molecule has 0 unspecified atom stereocenters. The summed E-state index contributed by atoms with van der Waals surface area (Å²) in [6.07, 6.45) is 0.137. The number of furan rings is 1. The van der Waals surface area contributed by atoms with E-state index >= 15 is 0 Å². The molecule has 26 heavy (non-hydrogen) atoms. The molecule has 0 saturated heterocycles. The van der Waals surface area contributed by atoms with Gasteiger partial charge in [0.2, 0.25) is 0 Å². The maximum atomic E-state index is 9.14. The topological polar surface area (TPSA) is 49.8 Å². The van der Waals surface area contributed by atoms with Crippen molar-refractivity contribution in [2.45, 2.75) is 27.1 Å². The highest BCUT2D eigenvalue weighted by molar-refractivity contribution is 6.09. The Morgan fingerprint density at radius 1 is 1.12 bits per heavy atom. The van der Waals surface area contributed by atoms with Crippen LogP contribution in [-0.2, 0) is 6.37 Å². The summed E-state index contributed by atoms with van der Waals surface area (Å²) in [4.78, 5) is 4.48. The Hall–Kier alpha value is -3.12. The van der Waals surface area contributed by atoms with Crippen LogP contribution in [0.4, 0.5) is 0 Å². The van der Waals surface area contributed by atoms with Gasteiger partial charge in [0.1, 0.15) is 11.2 Å². The fourth-order valence-corrected chi connectivity index (χ4v) is 3.16. The fraction of sp³-hybridized carbons (Fsp3) is 0.217. The minimum atomic E-state index is -1.51. The van der Waals surface area contributed by atoms with E-state index in [9.17, 15) is 0 Å². The molecule has 0 spiro atoms. The van der Waals surface area contributed by atoms with E-state index in [-0.39, 0.29) is 0 Å². The number of pyridine rings is 1. The molecule has 128 valence electrons. The van der Waals surface area contributed by atoms with E-state index in [4.69, 9.17) is 12.4 Å². The molecule has 3 heteroatoms. The third-order valence-corrected chi connectivity index (χ3v) is 4.18. The molecule has 3 nitrogen and oxygen atoms in total. The summed E-state index contributed by atoms with van der Waals surface area (Å²) in [6, 6.07) is 16.9. The largest absolute Gasteiger partial charge is 0.455 e. The second-order valence-electron chi connectivity index (χ2n) is 7.41. The van der Waals surface area contributed by atoms with E-state index < -0.39 is 11.8 Å². The van der Waals surface area contributed by atoms with E-state index in [1.54, 1.807) is 30.5 Å². The number of aromatic nitrogens is 1. The van der Waals surface area contributed by atoms with Gasteiger partial charge in [0.25, 0.3) is 0 Å². The Balaban J connectivity index is 1.93. The number of fused-ring (bicyclic) bond motifs is 3. The molecule has 0 aliphatic carbocycles. The van der Waals surface area contributed by atoms with Crippen molar-refractivity contribution in [3.8, 4) is 17.3 Å². The molecule has 0 amide bonds. The van der Waals surface area contributed by atoms with Crippen molar-refractivity contribution in [1.82, 2.24) is 4.98 Å². The average Bonchev–Trinajstić information content (AvgIpc) is 3.04. The summed E-state index contributed by atoms with van der Waals surface area (Å²) < 4.78 is 23.2. The van der Waals surface area contributed by atoms with E-state index in [2.05, 4.69) is 11.1 Å². The van der Waals surface area contributed by atoms with Crippen molar-refractivity contribution in [2.75, 3.05) is 0 Å². The number of hydrogen-bond acceptors (Lipinski definition) is 3. The number of para-hydroxylation sites is 1. The molecule has 0 aliphatic heterocycles. The fourth-order valence-electron chi connectivity index (χ4n) is 3.16. The van der Waals surface area contributed by atoms with E-state index in [1.165, 1.54) is 0 Å². The quantitative estimate of drug-likeness (QED) is 0.441. The Morgan fingerprint density at radius 2 is 1.96 bits per heavy atom. The molecule has 0 N–H and O–H groups in total. The van der Waals surface area contributed by atoms with Gasteiger partial charge in [0.05, 0.1) is 17.3 Å². The molecule has 4 rings (SSSR count). The number of benzene rings is 2. The zero-order chi connectivity index (χ0) is 20.1. The van der Waals surface area contributed by atoms with Crippen LogP contribution >= 0.6 is 0 Å². The molecule has 0 saturated carbocycles. The summed E-state index contributed by atoms with van der Waals surface area (Å²) in [6.45, 7) is 5.67. The molecule has 2 aromatic heterocycles. The molecule has 0 aliphatic rings. The highest BCUT2D eigenvalue weighted by Gasteiger charge is 2.15. The molecule has 0 bridgehead atoms. The lowest BCUT2D eigenvalue weighted by atomic mass is 9.88. The molecule has 0 fully saturated rings. The lowest BCUT2D eigenvalue weighted by Gasteiger charge is -2.18. The van der Waals surface area contributed by atoms with Crippen LogP contribution in [0.2, 0.25) is 0 Å². The third-order valence-electron chi connectivity index (χ3n) is 4.18. The highest BCUT2D eigenvalue weighted by Crippen LogP contribution is 2.35. The summed E-state index contributed by atoms with van der Waals surface area (Å²) in [5.41, 5.74) is 3.40. The van der Waals surface area contributed by atoms with Gasteiger partial charge in [0, 0.05) is 25.3 Å². The Bertz CT molecular complexity index is 1240. The van der Waals surface area contributed by atoms with E-state index in [1.807, 2.05) is 45.0 Å². The molecule has 2 aromatic carbocycles. The lowest BCUT2D eigenvalue weighted by molar-refractivity contribution is 0.411. The summed E-state index contributed by atoms with van der Waals surface area (Å²) >= 11 is 0. The predicted molar refractivity (Wildman–Crippen MR) is 105 cm³/mol.